The SMILES string of the molecule is C[C@@H]1C[C@H](C)CN(C(=O)CCn2c(=O)[nH]c(=O)c3ccccc32)C1. The first-order chi connectivity index (χ1) is 11.5. The number of carbonyl (C=O) groups is 1. The minimum absolute atomic E-state index is 0.0654. The molecule has 2 atom stereocenters. The highest BCUT2D eigenvalue weighted by atomic mass is 16.2. The van der Waals surface area contributed by atoms with E-state index in [1.165, 1.54) is 4.57 Å². The predicted octanol–water partition coefficient (Wildman–Crippen LogP) is 1.58. The Balaban J connectivity index is 1.80. The Morgan fingerprint density at radius 2 is 1.83 bits per heavy atom. The van der Waals surface area contributed by atoms with Gasteiger partial charge in [0.25, 0.3) is 5.56 Å². The summed E-state index contributed by atoms with van der Waals surface area (Å²) in [4.78, 5) is 40.7. The molecule has 0 aliphatic carbocycles. The van der Waals surface area contributed by atoms with Crippen molar-refractivity contribution < 1.29 is 4.79 Å². The van der Waals surface area contributed by atoms with Crippen LogP contribution in [0, 0.1) is 11.8 Å². The van der Waals surface area contributed by atoms with Crippen molar-refractivity contribution in [3.63, 3.8) is 0 Å². The lowest BCUT2D eigenvalue weighted by Crippen LogP contribution is -2.43. The molecule has 1 aliphatic heterocycles. The van der Waals surface area contributed by atoms with Gasteiger partial charge in [0.1, 0.15) is 0 Å². The van der Waals surface area contributed by atoms with Gasteiger partial charge in [0.05, 0.1) is 10.9 Å². The van der Waals surface area contributed by atoms with Gasteiger partial charge in [0.2, 0.25) is 5.91 Å². The molecule has 6 heteroatoms. The Morgan fingerprint density at radius 1 is 1.17 bits per heavy atom. The molecule has 3 rings (SSSR count). The lowest BCUT2D eigenvalue weighted by molar-refractivity contribution is -0.134. The number of fused-ring (bicyclic) bond motifs is 1. The van der Waals surface area contributed by atoms with Gasteiger partial charge in [0, 0.05) is 26.1 Å². The molecule has 0 unspecified atom stereocenters. The van der Waals surface area contributed by atoms with Gasteiger partial charge in [-0.1, -0.05) is 26.0 Å². The van der Waals surface area contributed by atoms with Crippen LogP contribution in [0.15, 0.2) is 33.9 Å². The maximum absolute atomic E-state index is 12.5. The largest absolute Gasteiger partial charge is 0.342 e. The Hall–Kier alpha value is -2.37. The molecule has 24 heavy (non-hydrogen) atoms. The zero-order valence-electron chi connectivity index (χ0n) is 14.1. The van der Waals surface area contributed by atoms with Crippen LogP contribution in [-0.4, -0.2) is 33.4 Å². The number of hydrogen-bond donors (Lipinski definition) is 1. The number of aromatic nitrogens is 2. The second-order valence-corrected chi connectivity index (χ2v) is 6.92. The summed E-state index contributed by atoms with van der Waals surface area (Å²) < 4.78 is 1.48. The number of rotatable bonds is 3. The van der Waals surface area contributed by atoms with Crippen molar-refractivity contribution in [1.82, 2.24) is 14.5 Å². The van der Waals surface area contributed by atoms with Gasteiger partial charge in [0.15, 0.2) is 0 Å². The average Bonchev–Trinajstić information content (AvgIpc) is 2.53. The summed E-state index contributed by atoms with van der Waals surface area (Å²) in [5.41, 5.74) is -0.289. The van der Waals surface area contributed by atoms with E-state index in [9.17, 15) is 14.4 Å². The standard InChI is InChI=1S/C18H23N3O3/c1-12-9-13(2)11-20(10-12)16(22)7-8-21-15-6-4-3-5-14(15)17(23)19-18(21)24/h3-6,12-13H,7-11H2,1-2H3,(H,19,23,24)/t12-,13+. The van der Waals surface area contributed by atoms with E-state index in [-0.39, 0.29) is 18.9 Å². The highest BCUT2D eigenvalue weighted by Crippen LogP contribution is 2.21. The number of benzene rings is 1. The van der Waals surface area contributed by atoms with E-state index in [0.717, 1.165) is 19.5 Å². The molecule has 1 amide bonds. The molecule has 1 aromatic carbocycles. The fourth-order valence-electron chi connectivity index (χ4n) is 3.70. The molecule has 0 radical (unpaired) electrons. The summed E-state index contributed by atoms with van der Waals surface area (Å²) in [5, 5.41) is 0.463. The van der Waals surface area contributed by atoms with E-state index >= 15 is 0 Å². The van der Waals surface area contributed by atoms with Crippen LogP contribution >= 0.6 is 0 Å². The second-order valence-electron chi connectivity index (χ2n) is 6.92. The van der Waals surface area contributed by atoms with E-state index in [1.807, 2.05) is 4.90 Å². The van der Waals surface area contributed by atoms with Crippen LogP contribution in [0.2, 0.25) is 0 Å². The molecule has 0 spiro atoms. The summed E-state index contributed by atoms with van der Waals surface area (Å²) in [6.45, 7) is 6.16. The van der Waals surface area contributed by atoms with Gasteiger partial charge in [-0.2, -0.15) is 0 Å². The van der Waals surface area contributed by atoms with Crippen molar-refractivity contribution in [3.05, 3.63) is 45.1 Å². The van der Waals surface area contributed by atoms with Crippen LogP contribution in [-0.2, 0) is 11.3 Å². The molecule has 1 N–H and O–H groups in total. The highest BCUT2D eigenvalue weighted by molar-refractivity contribution is 5.79. The van der Waals surface area contributed by atoms with Crippen molar-refractivity contribution in [2.24, 2.45) is 11.8 Å². The number of nitrogens with zero attached hydrogens (tertiary/aromatic N) is 2. The first-order valence-electron chi connectivity index (χ1n) is 8.45. The molecule has 1 aliphatic rings. The van der Waals surface area contributed by atoms with Gasteiger partial charge in [-0.25, -0.2) is 4.79 Å². The van der Waals surface area contributed by atoms with E-state index in [2.05, 4.69) is 18.8 Å². The molecule has 2 heterocycles. The number of H-pyrrole nitrogens is 1. The Kier molecular flexibility index (Phi) is 4.55. The summed E-state index contributed by atoms with van der Waals surface area (Å²) in [6, 6.07) is 6.96. The maximum Gasteiger partial charge on any atom is 0.328 e. The number of amides is 1. The molecule has 1 fully saturated rings. The predicted molar refractivity (Wildman–Crippen MR) is 93.0 cm³/mol. The normalized spacial score (nSPS) is 21.2. The van der Waals surface area contributed by atoms with Crippen LogP contribution in [0.25, 0.3) is 10.9 Å². The number of aromatic amines is 1. The summed E-state index contributed by atoms with van der Waals surface area (Å²) in [6.07, 6.45) is 1.41. The molecule has 128 valence electrons. The molecule has 0 bridgehead atoms. The first kappa shape index (κ1) is 16.5. The summed E-state index contributed by atoms with van der Waals surface area (Å²) >= 11 is 0. The maximum atomic E-state index is 12.5. The molecular weight excluding hydrogens is 306 g/mol. The van der Waals surface area contributed by atoms with Gasteiger partial charge in [-0.3, -0.25) is 19.1 Å². The molecule has 0 saturated carbocycles. The van der Waals surface area contributed by atoms with Crippen LogP contribution in [0.5, 0.6) is 0 Å². The van der Waals surface area contributed by atoms with Crippen molar-refractivity contribution >= 4 is 16.8 Å². The van der Waals surface area contributed by atoms with Crippen LogP contribution in [0.3, 0.4) is 0 Å². The van der Waals surface area contributed by atoms with Gasteiger partial charge in [-0.15, -0.1) is 0 Å². The summed E-state index contributed by atoms with van der Waals surface area (Å²) in [5.74, 6) is 1.08. The minimum Gasteiger partial charge on any atom is -0.342 e. The topological polar surface area (TPSA) is 75.2 Å². The third-order valence-corrected chi connectivity index (χ3v) is 4.68. The number of hydrogen-bond acceptors (Lipinski definition) is 3. The quantitative estimate of drug-likeness (QED) is 0.929. The number of aryl methyl sites for hydroxylation is 1. The van der Waals surface area contributed by atoms with E-state index < -0.39 is 11.2 Å². The van der Waals surface area contributed by atoms with Crippen molar-refractivity contribution in [3.8, 4) is 0 Å². The Labute approximate surface area is 140 Å². The monoisotopic (exact) mass is 329 g/mol. The van der Waals surface area contributed by atoms with Gasteiger partial charge in [-0.05, 0) is 30.4 Å². The molecular formula is C18H23N3O3. The smallest absolute Gasteiger partial charge is 0.328 e. The van der Waals surface area contributed by atoms with Crippen molar-refractivity contribution in [2.75, 3.05) is 13.1 Å². The third-order valence-electron chi connectivity index (χ3n) is 4.68. The van der Waals surface area contributed by atoms with Crippen LogP contribution in [0.1, 0.15) is 26.7 Å². The lowest BCUT2D eigenvalue weighted by Gasteiger charge is -2.35. The Bertz CT molecular complexity index is 858. The fraction of sp³-hybridized carbons (Fsp3) is 0.500. The molecule has 1 saturated heterocycles. The second kappa shape index (κ2) is 6.63. The molecule has 6 nitrogen and oxygen atoms in total. The van der Waals surface area contributed by atoms with Crippen LogP contribution in [0.4, 0.5) is 0 Å². The van der Waals surface area contributed by atoms with Crippen molar-refractivity contribution in [2.45, 2.75) is 33.2 Å². The zero-order valence-corrected chi connectivity index (χ0v) is 14.1. The van der Waals surface area contributed by atoms with Crippen LogP contribution < -0.4 is 11.2 Å². The number of carbonyl (C=O) groups excluding carboxylic acids is 1. The first-order valence-corrected chi connectivity index (χ1v) is 8.45. The minimum atomic E-state index is -0.466. The van der Waals surface area contributed by atoms with E-state index in [0.29, 0.717) is 22.7 Å². The van der Waals surface area contributed by atoms with Crippen molar-refractivity contribution in [1.29, 1.82) is 0 Å². The molecule has 2 aromatic rings. The zero-order chi connectivity index (χ0) is 17.3. The highest BCUT2D eigenvalue weighted by Gasteiger charge is 2.25. The fourth-order valence-corrected chi connectivity index (χ4v) is 3.70. The lowest BCUT2D eigenvalue weighted by atomic mass is 9.92. The Morgan fingerprint density at radius 3 is 2.54 bits per heavy atom. The average molecular weight is 329 g/mol. The number of piperidine rings is 1. The van der Waals surface area contributed by atoms with E-state index in [1.54, 1.807) is 24.3 Å². The van der Waals surface area contributed by atoms with Gasteiger partial charge >= 0.3 is 5.69 Å². The number of nitrogens with one attached hydrogen (secondary N) is 1. The van der Waals surface area contributed by atoms with E-state index in [4.69, 9.17) is 0 Å². The summed E-state index contributed by atoms with van der Waals surface area (Å²) in [7, 11) is 0. The third kappa shape index (κ3) is 3.27. The van der Waals surface area contributed by atoms with Gasteiger partial charge < -0.3 is 4.90 Å². The molecule has 1 aromatic heterocycles. The number of para-hydroxylation sites is 1. The number of likely N-dealkylation sites (tertiary alicyclic amines) is 1.